The van der Waals surface area contributed by atoms with E-state index in [1.165, 1.54) is 0 Å². The summed E-state index contributed by atoms with van der Waals surface area (Å²) >= 11 is 5.37. The van der Waals surface area contributed by atoms with Crippen molar-refractivity contribution >= 4 is 16.8 Å². The highest BCUT2D eigenvalue weighted by atomic mass is 35.5. The Morgan fingerprint density at radius 2 is 2.11 bits per heavy atom. The quantitative estimate of drug-likeness (QED) is 0.586. The molecule has 0 radical (unpaired) electrons. The van der Waals surface area contributed by atoms with Crippen LogP contribution >= 0.6 is 11.6 Å². The number of methoxy groups -OCH3 is 1. The SMILES string of the molecule is COCCCn1c(C)cc(C)c(CC(=O)Cl)c1=O. The molecule has 1 aromatic heterocycles. The zero-order valence-corrected chi connectivity index (χ0v) is 11.7. The maximum absolute atomic E-state index is 12.3. The van der Waals surface area contributed by atoms with Gasteiger partial charge in [0.25, 0.3) is 5.56 Å². The van der Waals surface area contributed by atoms with E-state index in [1.807, 2.05) is 19.9 Å². The molecule has 100 valence electrons. The van der Waals surface area contributed by atoms with Gasteiger partial charge in [0.05, 0.1) is 6.42 Å². The molecule has 0 bridgehead atoms. The average molecular weight is 272 g/mol. The Balaban J connectivity index is 3.10. The normalized spacial score (nSPS) is 10.7. The largest absolute Gasteiger partial charge is 0.385 e. The lowest BCUT2D eigenvalue weighted by atomic mass is 10.1. The van der Waals surface area contributed by atoms with E-state index in [1.54, 1.807) is 11.7 Å². The highest BCUT2D eigenvalue weighted by Crippen LogP contribution is 2.09. The smallest absolute Gasteiger partial charge is 0.254 e. The van der Waals surface area contributed by atoms with E-state index in [2.05, 4.69) is 0 Å². The number of hydrogen-bond acceptors (Lipinski definition) is 3. The number of aromatic nitrogens is 1. The second-order valence-electron chi connectivity index (χ2n) is 4.28. The fourth-order valence-electron chi connectivity index (χ4n) is 1.97. The number of carbonyl (C=O) groups excluding carboxylic acids is 1. The van der Waals surface area contributed by atoms with Gasteiger partial charge in [0.15, 0.2) is 0 Å². The second-order valence-corrected chi connectivity index (χ2v) is 4.70. The van der Waals surface area contributed by atoms with Gasteiger partial charge < -0.3 is 9.30 Å². The first-order valence-electron chi connectivity index (χ1n) is 5.84. The van der Waals surface area contributed by atoms with E-state index >= 15 is 0 Å². The van der Waals surface area contributed by atoms with E-state index in [9.17, 15) is 9.59 Å². The third-order valence-electron chi connectivity index (χ3n) is 2.88. The summed E-state index contributed by atoms with van der Waals surface area (Å²) in [5.41, 5.74) is 2.06. The summed E-state index contributed by atoms with van der Waals surface area (Å²) in [6.45, 7) is 4.89. The Labute approximate surface area is 112 Å². The number of nitrogens with zero attached hydrogens (tertiary/aromatic N) is 1. The summed E-state index contributed by atoms with van der Waals surface area (Å²) in [4.78, 5) is 23.2. The molecule has 0 spiro atoms. The van der Waals surface area contributed by atoms with E-state index in [0.717, 1.165) is 17.7 Å². The minimum Gasteiger partial charge on any atom is -0.385 e. The van der Waals surface area contributed by atoms with Crippen LogP contribution < -0.4 is 5.56 Å². The first-order valence-corrected chi connectivity index (χ1v) is 6.22. The molecular formula is C13H18ClNO3. The molecule has 0 atom stereocenters. The molecule has 0 aliphatic heterocycles. The van der Waals surface area contributed by atoms with Crippen LogP contribution in [0.3, 0.4) is 0 Å². The zero-order chi connectivity index (χ0) is 13.7. The van der Waals surface area contributed by atoms with Crippen molar-refractivity contribution in [3.8, 4) is 0 Å². The van der Waals surface area contributed by atoms with Gasteiger partial charge in [-0.05, 0) is 43.5 Å². The molecule has 1 heterocycles. The van der Waals surface area contributed by atoms with Crippen molar-refractivity contribution in [1.29, 1.82) is 0 Å². The van der Waals surface area contributed by atoms with Crippen LogP contribution in [-0.2, 0) is 22.5 Å². The molecule has 4 nitrogen and oxygen atoms in total. The summed E-state index contributed by atoms with van der Waals surface area (Å²) in [6.07, 6.45) is 0.741. The van der Waals surface area contributed by atoms with Crippen LogP contribution in [0.5, 0.6) is 0 Å². The van der Waals surface area contributed by atoms with Gasteiger partial charge in [-0.15, -0.1) is 0 Å². The lowest BCUT2D eigenvalue weighted by Gasteiger charge is -2.13. The van der Waals surface area contributed by atoms with E-state index in [-0.39, 0.29) is 12.0 Å². The molecule has 0 aliphatic carbocycles. The third-order valence-corrected chi connectivity index (χ3v) is 3.01. The highest BCUT2D eigenvalue weighted by Gasteiger charge is 2.12. The predicted octanol–water partition coefficient (Wildman–Crippen LogP) is 1.81. The number of rotatable bonds is 6. The fraction of sp³-hybridized carbons (Fsp3) is 0.538. The average Bonchev–Trinajstić information content (AvgIpc) is 2.28. The molecule has 1 rings (SSSR count). The van der Waals surface area contributed by atoms with E-state index in [4.69, 9.17) is 16.3 Å². The molecule has 0 amide bonds. The van der Waals surface area contributed by atoms with Crippen LogP contribution in [0.1, 0.15) is 23.2 Å². The van der Waals surface area contributed by atoms with E-state index in [0.29, 0.717) is 18.7 Å². The maximum Gasteiger partial charge on any atom is 0.254 e. The molecule has 1 aromatic rings. The summed E-state index contributed by atoms with van der Waals surface area (Å²) in [5.74, 6) is 0. The van der Waals surface area contributed by atoms with Crippen molar-refractivity contribution in [3.63, 3.8) is 0 Å². The van der Waals surface area contributed by atoms with Crippen LogP contribution in [0.2, 0.25) is 0 Å². The van der Waals surface area contributed by atoms with Gasteiger partial charge >= 0.3 is 0 Å². The number of ether oxygens (including phenoxy) is 1. The maximum atomic E-state index is 12.3. The molecule has 0 fully saturated rings. The van der Waals surface area contributed by atoms with Gasteiger partial charge in [-0.3, -0.25) is 9.59 Å². The summed E-state index contributed by atoms with van der Waals surface area (Å²) < 4.78 is 6.64. The first kappa shape index (κ1) is 14.9. The molecule has 0 saturated heterocycles. The number of halogens is 1. The van der Waals surface area contributed by atoms with Crippen molar-refractivity contribution in [2.75, 3.05) is 13.7 Å². The van der Waals surface area contributed by atoms with Gasteiger partial charge in [0.2, 0.25) is 5.24 Å². The summed E-state index contributed by atoms with van der Waals surface area (Å²) in [5, 5.41) is -0.512. The molecular weight excluding hydrogens is 254 g/mol. The molecule has 0 aliphatic rings. The zero-order valence-electron chi connectivity index (χ0n) is 11.0. The number of pyridine rings is 1. The monoisotopic (exact) mass is 271 g/mol. The Morgan fingerprint density at radius 1 is 1.44 bits per heavy atom. The Morgan fingerprint density at radius 3 is 2.67 bits per heavy atom. The molecule has 5 heteroatoms. The molecule has 0 aromatic carbocycles. The van der Waals surface area contributed by atoms with Crippen molar-refractivity contribution in [1.82, 2.24) is 4.57 Å². The minimum absolute atomic E-state index is 0.0171. The Bertz CT molecular complexity index is 494. The van der Waals surface area contributed by atoms with Crippen LogP contribution in [-0.4, -0.2) is 23.5 Å². The van der Waals surface area contributed by atoms with Gasteiger partial charge in [-0.25, -0.2) is 0 Å². The molecule has 0 N–H and O–H groups in total. The third kappa shape index (κ3) is 3.68. The van der Waals surface area contributed by atoms with Crippen LogP contribution in [0.25, 0.3) is 0 Å². The standard InChI is InChI=1S/C13H18ClNO3/c1-9-7-10(2)15(5-4-6-18-3)13(17)11(9)8-12(14)16/h7H,4-6,8H2,1-3H3. The van der Waals surface area contributed by atoms with Gasteiger partial charge in [-0.1, -0.05) is 0 Å². The Kier molecular flexibility index (Phi) is 5.56. The predicted molar refractivity (Wildman–Crippen MR) is 71.2 cm³/mol. The summed E-state index contributed by atoms with van der Waals surface area (Å²) in [6, 6.07) is 1.91. The topological polar surface area (TPSA) is 48.3 Å². The molecule has 18 heavy (non-hydrogen) atoms. The number of carbonyl (C=O) groups is 1. The van der Waals surface area contributed by atoms with Crippen molar-refractivity contribution in [2.45, 2.75) is 33.2 Å². The van der Waals surface area contributed by atoms with Gasteiger partial charge in [-0.2, -0.15) is 0 Å². The highest BCUT2D eigenvalue weighted by molar-refractivity contribution is 6.63. The molecule has 0 unspecified atom stereocenters. The Hall–Kier alpha value is -1.13. The van der Waals surface area contributed by atoms with Crippen molar-refractivity contribution < 1.29 is 9.53 Å². The second kappa shape index (κ2) is 6.71. The minimum atomic E-state index is -0.512. The lowest BCUT2D eigenvalue weighted by molar-refractivity contribution is -0.111. The number of hydrogen-bond donors (Lipinski definition) is 0. The van der Waals surface area contributed by atoms with Crippen molar-refractivity contribution in [3.05, 3.63) is 33.2 Å². The van der Waals surface area contributed by atoms with Gasteiger partial charge in [0, 0.05) is 31.5 Å². The van der Waals surface area contributed by atoms with Crippen LogP contribution in [0, 0.1) is 13.8 Å². The first-order chi connectivity index (χ1) is 8.47. The molecule has 0 saturated carbocycles. The summed E-state index contributed by atoms with van der Waals surface area (Å²) in [7, 11) is 1.63. The van der Waals surface area contributed by atoms with E-state index < -0.39 is 5.24 Å². The van der Waals surface area contributed by atoms with Gasteiger partial charge in [0.1, 0.15) is 0 Å². The van der Waals surface area contributed by atoms with Crippen LogP contribution in [0.15, 0.2) is 10.9 Å². The van der Waals surface area contributed by atoms with Crippen LogP contribution in [0.4, 0.5) is 0 Å². The van der Waals surface area contributed by atoms with Crippen molar-refractivity contribution in [2.24, 2.45) is 0 Å². The fourth-order valence-corrected chi connectivity index (χ4v) is 2.10. The lowest BCUT2D eigenvalue weighted by Crippen LogP contribution is -2.28. The number of aryl methyl sites for hydroxylation is 2.